The molecule has 0 aliphatic rings. The van der Waals surface area contributed by atoms with E-state index >= 15 is 0 Å². The average molecular weight is 191 g/mol. The molecule has 0 saturated carbocycles. The molecule has 0 amide bonds. The molecule has 0 aromatic heterocycles. The predicted octanol–water partition coefficient (Wildman–Crippen LogP) is 0.565. The first-order chi connectivity index (χ1) is 6.13. The lowest BCUT2D eigenvalue weighted by atomic mass is 10.1. The fourth-order valence-electron chi connectivity index (χ4n) is 1.12. The Labute approximate surface area is 77.5 Å². The van der Waals surface area contributed by atoms with Crippen LogP contribution in [0.4, 0.5) is 0 Å². The SMILES string of the molecule is CCCCC[C@H](O)[C@H](CO)[N+](=O)[O-]. The first-order valence-electron chi connectivity index (χ1n) is 4.55. The van der Waals surface area contributed by atoms with Crippen molar-refractivity contribution in [1.29, 1.82) is 0 Å². The largest absolute Gasteiger partial charge is 0.389 e. The number of rotatable bonds is 7. The third-order valence-corrected chi connectivity index (χ3v) is 2.01. The van der Waals surface area contributed by atoms with Crippen LogP contribution in [0.5, 0.6) is 0 Å². The third-order valence-electron chi connectivity index (χ3n) is 2.01. The number of hydrogen-bond acceptors (Lipinski definition) is 4. The molecule has 0 rings (SSSR count). The van der Waals surface area contributed by atoms with Crippen molar-refractivity contribution in [3.63, 3.8) is 0 Å². The van der Waals surface area contributed by atoms with E-state index in [-0.39, 0.29) is 0 Å². The summed E-state index contributed by atoms with van der Waals surface area (Å²) < 4.78 is 0. The molecule has 0 spiro atoms. The molecule has 78 valence electrons. The highest BCUT2D eigenvalue weighted by Crippen LogP contribution is 2.08. The summed E-state index contributed by atoms with van der Waals surface area (Å²) in [4.78, 5) is 9.66. The molecule has 0 aromatic carbocycles. The number of nitrogens with zero attached hydrogens (tertiary/aromatic N) is 1. The summed E-state index contributed by atoms with van der Waals surface area (Å²) in [7, 11) is 0. The van der Waals surface area contributed by atoms with E-state index in [0.29, 0.717) is 6.42 Å². The molecule has 0 radical (unpaired) electrons. The van der Waals surface area contributed by atoms with Crippen molar-refractivity contribution in [3.05, 3.63) is 10.1 Å². The molecule has 0 unspecified atom stereocenters. The van der Waals surface area contributed by atoms with Crippen LogP contribution in [0.15, 0.2) is 0 Å². The highest BCUT2D eigenvalue weighted by atomic mass is 16.6. The first kappa shape index (κ1) is 12.3. The van der Waals surface area contributed by atoms with Crippen LogP contribution < -0.4 is 0 Å². The summed E-state index contributed by atoms with van der Waals surface area (Å²) in [6.45, 7) is 1.42. The number of aliphatic hydroxyl groups is 2. The summed E-state index contributed by atoms with van der Waals surface area (Å²) in [6, 6.07) is -1.23. The zero-order valence-corrected chi connectivity index (χ0v) is 7.85. The molecule has 0 heterocycles. The lowest BCUT2D eigenvalue weighted by molar-refractivity contribution is -0.537. The molecular weight excluding hydrogens is 174 g/mol. The van der Waals surface area contributed by atoms with Gasteiger partial charge in [-0.15, -0.1) is 0 Å². The fraction of sp³-hybridized carbons (Fsp3) is 1.00. The molecular formula is C8H17NO4. The Morgan fingerprint density at radius 2 is 2.08 bits per heavy atom. The van der Waals surface area contributed by atoms with Gasteiger partial charge in [-0.05, 0) is 6.42 Å². The monoisotopic (exact) mass is 191 g/mol. The van der Waals surface area contributed by atoms with E-state index in [1.165, 1.54) is 0 Å². The van der Waals surface area contributed by atoms with Crippen molar-refractivity contribution >= 4 is 0 Å². The highest BCUT2D eigenvalue weighted by Gasteiger charge is 2.27. The Kier molecular flexibility index (Phi) is 6.44. The Hall–Kier alpha value is -0.680. The Morgan fingerprint density at radius 3 is 2.46 bits per heavy atom. The molecule has 0 saturated heterocycles. The van der Waals surface area contributed by atoms with Crippen LogP contribution in [-0.2, 0) is 0 Å². The van der Waals surface area contributed by atoms with Gasteiger partial charge in [0.1, 0.15) is 12.7 Å². The van der Waals surface area contributed by atoms with E-state index in [9.17, 15) is 15.2 Å². The van der Waals surface area contributed by atoms with Gasteiger partial charge in [0.05, 0.1) is 0 Å². The summed E-state index contributed by atoms with van der Waals surface area (Å²) in [5.41, 5.74) is 0. The van der Waals surface area contributed by atoms with E-state index in [1.54, 1.807) is 0 Å². The zero-order chi connectivity index (χ0) is 10.3. The number of unbranched alkanes of at least 4 members (excludes halogenated alkanes) is 2. The minimum absolute atomic E-state index is 0.389. The van der Waals surface area contributed by atoms with Gasteiger partial charge in [0.2, 0.25) is 0 Å². The lowest BCUT2D eigenvalue weighted by Crippen LogP contribution is -2.36. The molecule has 2 atom stereocenters. The van der Waals surface area contributed by atoms with Gasteiger partial charge in [-0.3, -0.25) is 10.1 Å². The first-order valence-corrected chi connectivity index (χ1v) is 4.55. The maximum atomic E-state index is 10.3. The second-order valence-corrected chi connectivity index (χ2v) is 3.10. The summed E-state index contributed by atoms with van der Waals surface area (Å²) in [5, 5.41) is 28.2. The van der Waals surface area contributed by atoms with Crippen molar-refractivity contribution in [3.8, 4) is 0 Å². The quantitative estimate of drug-likeness (QED) is 0.350. The minimum atomic E-state index is -1.23. The number of hydrogen-bond donors (Lipinski definition) is 2. The predicted molar refractivity (Wildman–Crippen MR) is 48.0 cm³/mol. The Morgan fingerprint density at radius 1 is 1.46 bits per heavy atom. The summed E-state index contributed by atoms with van der Waals surface area (Å²) in [5.74, 6) is 0. The van der Waals surface area contributed by atoms with Crippen molar-refractivity contribution < 1.29 is 15.1 Å². The van der Waals surface area contributed by atoms with Crippen LogP contribution >= 0.6 is 0 Å². The Balaban J connectivity index is 3.77. The van der Waals surface area contributed by atoms with Crippen LogP contribution in [0, 0.1) is 10.1 Å². The minimum Gasteiger partial charge on any atom is -0.389 e. The van der Waals surface area contributed by atoms with Crippen molar-refractivity contribution in [2.24, 2.45) is 0 Å². The second-order valence-electron chi connectivity index (χ2n) is 3.10. The van der Waals surface area contributed by atoms with Crippen molar-refractivity contribution in [2.45, 2.75) is 44.8 Å². The van der Waals surface area contributed by atoms with E-state index in [1.807, 2.05) is 6.92 Å². The number of aliphatic hydroxyl groups excluding tert-OH is 2. The van der Waals surface area contributed by atoms with E-state index in [4.69, 9.17) is 5.11 Å². The van der Waals surface area contributed by atoms with Crippen LogP contribution in [-0.4, -0.2) is 33.9 Å². The molecule has 5 heteroatoms. The second kappa shape index (κ2) is 6.80. The molecule has 0 aliphatic heterocycles. The summed E-state index contributed by atoms with van der Waals surface area (Å²) >= 11 is 0. The Bertz CT molecular complexity index is 151. The maximum Gasteiger partial charge on any atom is 0.261 e. The molecule has 0 aromatic rings. The summed E-state index contributed by atoms with van der Waals surface area (Å²) in [6.07, 6.45) is 2.09. The van der Waals surface area contributed by atoms with Gasteiger partial charge in [0, 0.05) is 4.92 Å². The smallest absolute Gasteiger partial charge is 0.261 e. The van der Waals surface area contributed by atoms with Gasteiger partial charge >= 0.3 is 0 Å². The molecule has 0 aliphatic carbocycles. The van der Waals surface area contributed by atoms with Crippen molar-refractivity contribution in [2.75, 3.05) is 6.61 Å². The highest BCUT2D eigenvalue weighted by molar-refractivity contribution is 4.66. The molecule has 13 heavy (non-hydrogen) atoms. The standard InChI is InChI=1S/C8H17NO4/c1-2-3-4-5-8(11)7(6-10)9(12)13/h7-8,10-11H,2-6H2,1H3/t7-,8-/m0/s1. The van der Waals surface area contributed by atoms with Gasteiger partial charge in [-0.2, -0.15) is 0 Å². The normalized spacial score (nSPS) is 15.3. The van der Waals surface area contributed by atoms with Crippen LogP contribution in [0.2, 0.25) is 0 Å². The molecule has 2 N–H and O–H groups in total. The van der Waals surface area contributed by atoms with Gasteiger partial charge in [-0.25, -0.2) is 0 Å². The topological polar surface area (TPSA) is 83.6 Å². The molecule has 0 fully saturated rings. The van der Waals surface area contributed by atoms with Gasteiger partial charge in [0.15, 0.2) is 0 Å². The zero-order valence-electron chi connectivity index (χ0n) is 7.85. The van der Waals surface area contributed by atoms with Gasteiger partial charge in [-0.1, -0.05) is 26.2 Å². The van der Waals surface area contributed by atoms with Crippen LogP contribution in [0.25, 0.3) is 0 Å². The van der Waals surface area contributed by atoms with Crippen LogP contribution in [0.3, 0.4) is 0 Å². The number of nitro groups is 1. The van der Waals surface area contributed by atoms with Gasteiger partial charge < -0.3 is 10.2 Å². The maximum absolute atomic E-state index is 10.3. The third kappa shape index (κ3) is 4.80. The van der Waals surface area contributed by atoms with Crippen molar-refractivity contribution in [1.82, 2.24) is 0 Å². The van der Waals surface area contributed by atoms with Crippen LogP contribution in [0.1, 0.15) is 32.6 Å². The van der Waals surface area contributed by atoms with E-state index in [0.717, 1.165) is 19.3 Å². The van der Waals surface area contributed by atoms with E-state index < -0.39 is 23.7 Å². The lowest BCUT2D eigenvalue weighted by Gasteiger charge is -2.13. The fourth-order valence-corrected chi connectivity index (χ4v) is 1.12. The van der Waals surface area contributed by atoms with E-state index in [2.05, 4.69) is 0 Å². The van der Waals surface area contributed by atoms with Gasteiger partial charge in [0.25, 0.3) is 6.04 Å². The molecule has 0 bridgehead atoms. The molecule has 5 nitrogen and oxygen atoms in total. The average Bonchev–Trinajstić information content (AvgIpc) is 2.05.